The third kappa shape index (κ3) is 2.52. The Morgan fingerprint density at radius 2 is 2.20 bits per heavy atom. The fraction of sp³-hybridized carbons (Fsp3) is 0.571. The van der Waals surface area contributed by atoms with Crippen molar-refractivity contribution in [2.24, 2.45) is 0 Å². The van der Waals surface area contributed by atoms with Gasteiger partial charge in [-0.15, -0.1) is 11.3 Å². The van der Waals surface area contributed by atoms with Crippen LogP contribution in [0.25, 0.3) is 10.2 Å². The van der Waals surface area contributed by atoms with E-state index in [9.17, 15) is 0 Å². The molecule has 1 aliphatic rings. The molecule has 0 aromatic carbocycles. The Labute approximate surface area is 127 Å². The van der Waals surface area contributed by atoms with Crippen molar-refractivity contribution in [3.63, 3.8) is 0 Å². The lowest BCUT2D eigenvalue weighted by Gasteiger charge is -2.29. The van der Waals surface area contributed by atoms with Crippen LogP contribution in [0, 0.1) is 0 Å². The molecule has 0 unspecified atom stereocenters. The number of nitrogens with zero attached hydrogens (tertiary/aromatic N) is 2. The van der Waals surface area contributed by atoms with Gasteiger partial charge in [-0.2, -0.15) is 0 Å². The summed E-state index contributed by atoms with van der Waals surface area (Å²) in [6.07, 6.45) is 2.02. The Hall–Kier alpha value is -0.850. The number of ether oxygens (including phenoxy) is 1. The minimum atomic E-state index is -0.101. The monoisotopic (exact) mass is 309 g/mol. The van der Waals surface area contributed by atoms with Crippen LogP contribution in [-0.2, 0) is 17.8 Å². The van der Waals surface area contributed by atoms with Gasteiger partial charge in [0.05, 0.1) is 17.6 Å². The van der Waals surface area contributed by atoms with E-state index in [2.05, 4.69) is 30.7 Å². The van der Waals surface area contributed by atoms with E-state index in [0.717, 1.165) is 34.0 Å². The summed E-state index contributed by atoms with van der Waals surface area (Å²) in [5.41, 5.74) is 7.24. The average Bonchev–Trinajstić information content (AvgIpc) is 2.72. The first kappa shape index (κ1) is 14.1. The maximum absolute atomic E-state index is 6.15. The van der Waals surface area contributed by atoms with E-state index in [4.69, 9.17) is 10.5 Å². The SMILES string of the molecule is CCCSc1nc(N)c2c3c(sc2n1)CC(C)(C)OC3. The molecule has 3 rings (SSSR count). The van der Waals surface area contributed by atoms with E-state index in [0.29, 0.717) is 12.4 Å². The molecule has 0 bridgehead atoms. The predicted octanol–water partition coefficient (Wildman–Crippen LogP) is 3.63. The largest absolute Gasteiger partial charge is 0.383 e. The molecule has 3 heterocycles. The van der Waals surface area contributed by atoms with Crippen molar-refractivity contribution in [1.29, 1.82) is 0 Å². The molecule has 0 saturated heterocycles. The van der Waals surface area contributed by atoms with Crippen LogP contribution in [0.2, 0.25) is 0 Å². The number of hydrogen-bond donors (Lipinski definition) is 1. The van der Waals surface area contributed by atoms with Crippen molar-refractivity contribution >= 4 is 39.1 Å². The van der Waals surface area contributed by atoms with Crippen molar-refractivity contribution in [2.75, 3.05) is 11.5 Å². The van der Waals surface area contributed by atoms with Crippen molar-refractivity contribution in [1.82, 2.24) is 9.97 Å². The lowest BCUT2D eigenvalue weighted by molar-refractivity contribution is -0.0382. The highest BCUT2D eigenvalue weighted by atomic mass is 32.2. The standard InChI is InChI=1S/C14H19N3OS2/c1-4-5-19-13-16-11(15)10-8-7-18-14(2,3)6-9(8)20-12(10)17-13/h4-7H2,1-3H3,(H2,15,16,17). The molecular weight excluding hydrogens is 290 g/mol. The zero-order valence-electron chi connectivity index (χ0n) is 12.0. The summed E-state index contributed by atoms with van der Waals surface area (Å²) in [5.74, 6) is 1.61. The molecular formula is C14H19N3OS2. The van der Waals surface area contributed by atoms with Gasteiger partial charge in [0.1, 0.15) is 10.6 Å². The van der Waals surface area contributed by atoms with E-state index in [1.165, 1.54) is 10.4 Å². The minimum absolute atomic E-state index is 0.101. The van der Waals surface area contributed by atoms with E-state index in [1.807, 2.05) is 0 Å². The number of anilines is 1. The second kappa shape index (κ2) is 5.16. The summed E-state index contributed by atoms with van der Waals surface area (Å²) in [5, 5.41) is 1.79. The lowest BCUT2D eigenvalue weighted by Crippen LogP contribution is -2.30. The molecule has 6 heteroatoms. The molecule has 0 saturated carbocycles. The molecule has 2 aromatic heterocycles. The van der Waals surface area contributed by atoms with Gasteiger partial charge in [0, 0.05) is 22.6 Å². The van der Waals surface area contributed by atoms with E-state index in [1.54, 1.807) is 23.1 Å². The van der Waals surface area contributed by atoms with Crippen LogP contribution in [0.15, 0.2) is 5.16 Å². The van der Waals surface area contributed by atoms with Gasteiger partial charge < -0.3 is 10.5 Å². The van der Waals surface area contributed by atoms with Crippen molar-refractivity contribution in [3.8, 4) is 0 Å². The summed E-state index contributed by atoms with van der Waals surface area (Å²) in [4.78, 5) is 11.4. The van der Waals surface area contributed by atoms with Crippen LogP contribution >= 0.6 is 23.1 Å². The van der Waals surface area contributed by atoms with Gasteiger partial charge in [0.15, 0.2) is 5.16 Å². The zero-order valence-corrected chi connectivity index (χ0v) is 13.7. The molecule has 0 spiro atoms. The molecule has 0 aliphatic carbocycles. The second-order valence-electron chi connectivity index (χ2n) is 5.65. The molecule has 4 nitrogen and oxygen atoms in total. The highest BCUT2D eigenvalue weighted by Crippen LogP contribution is 2.40. The summed E-state index contributed by atoms with van der Waals surface area (Å²) < 4.78 is 5.90. The van der Waals surface area contributed by atoms with E-state index in [-0.39, 0.29) is 5.60 Å². The van der Waals surface area contributed by atoms with Crippen molar-refractivity contribution in [3.05, 3.63) is 10.4 Å². The molecule has 2 N–H and O–H groups in total. The minimum Gasteiger partial charge on any atom is -0.383 e. The Morgan fingerprint density at radius 3 is 2.95 bits per heavy atom. The number of aromatic nitrogens is 2. The first-order valence-corrected chi connectivity index (χ1v) is 8.65. The van der Waals surface area contributed by atoms with Crippen LogP contribution in [0.3, 0.4) is 0 Å². The Balaban J connectivity index is 2.06. The first-order valence-electron chi connectivity index (χ1n) is 6.84. The molecule has 0 radical (unpaired) electrons. The molecule has 108 valence electrons. The molecule has 0 atom stereocenters. The van der Waals surface area contributed by atoms with Gasteiger partial charge in [-0.05, 0) is 20.3 Å². The molecule has 20 heavy (non-hydrogen) atoms. The fourth-order valence-electron chi connectivity index (χ4n) is 2.37. The zero-order chi connectivity index (χ0) is 14.3. The third-order valence-corrected chi connectivity index (χ3v) is 5.55. The van der Waals surface area contributed by atoms with Gasteiger partial charge in [0.25, 0.3) is 0 Å². The van der Waals surface area contributed by atoms with Crippen LogP contribution < -0.4 is 5.73 Å². The maximum atomic E-state index is 6.15. The first-order chi connectivity index (χ1) is 9.50. The quantitative estimate of drug-likeness (QED) is 0.693. The fourth-order valence-corrected chi connectivity index (χ4v) is 4.53. The summed E-state index contributed by atoms with van der Waals surface area (Å²) in [6, 6.07) is 0. The number of rotatable bonds is 3. The van der Waals surface area contributed by atoms with Gasteiger partial charge in [-0.25, -0.2) is 9.97 Å². The van der Waals surface area contributed by atoms with Gasteiger partial charge >= 0.3 is 0 Å². The highest BCUT2D eigenvalue weighted by molar-refractivity contribution is 7.99. The predicted molar refractivity (Wildman–Crippen MR) is 85.4 cm³/mol. The lowest BCUT2D eigenvalue weighted by atomic mass is 9.97. The van der Waals surface area contributed by atoms with Gasteiger partial charge in [0.2, 0.25) is 0 Å². The van der Waals surface area contributed by atoms with Crippen LogP contribution in [0.1, 0.15) is 37.6 Å². The Morgan fingerprint density at radius 1 is 1.40 bits per heavy atom. The van der Waals surface area contributed by atoms with Gasteiger partial charge in [-0.1, -0.05) is 18.7 Å². The smallest absolute Gasteiger partial charge is 0.190 e. The third-order valence-electron chi connectivity index (χ3n) is 3.37. The normalized spacial score (nSPS) is 17.4. The topological polar surface area (TPSA) is 61.0 Å². The second-order valence-corrected chi connectivity index (χ2v) is 7.79. The van der Waals surface area contributed by atoms with Crippen LogP contribution in [0.5, 0.6) is 0 Å². The number of thioether (sulfide) groups is 1. The number of hydrogen-bond acceptors (Lipinski definition) is 6. The van der Waals surface area contributed by atoms with Gasteiger partial charge in [-0.3, -0.25) is 0 Å². The summed E-state index contributed by atoms with van der Waals surface area (Å²) in [7, 11) is 0. The molecule has 2 aromatic rings. The van der Waals surface area contributed by atoms with Crippen molar-refractivity contribution < 1.29 is 4.74 Å². The summed E-state index contributed by atoms with van der Waals surface area (Å²) in [6.45, 7) is 7.01. The van der Waals surface area contributed by atoms with Crippen LogP contribution in [0.4, 0.5) is 5.82 Å². The molecule has 0 amide bonds. The maximum Gasteiger partial charge on any atom is 0.190 e. The Kier molecular flexibility index (Phi) is 3.64. The molecule has 1 aliphatic heterocycles. The highest BCUT2D eigenvalue weighted by Gasteiger charge is 2.30. The number of nitrogens with two attached hydrogens (primary N) is 1. The van der Waals surface area contributed by atoms with E-state index >= 15 is 0 Å². The number of fused-ring (bicyclic) bond motifs is 3. The van der Waals surface area contributed by atoms with Crippen LogP contribution in [-0.4, -0.2) is 21.3 Å². The number of nitrogen functional groups attached to an aromatic ring is 1. The number of thiophene rings is 1. The van der Waals surface area contributed by atoms with Crippen molar-refractivity contribution in [2.45, 2.75) is 51.0 Å². The molecule has 0 fully saturated rings. The Bertz CT molecular complexity index is 651. The average molecular weight is 309 g/mol. The summed E-state index contributed by atoms with van der Waals surface area (Å²) >= 11 is 3.41. The van der Waals surface area contributed by atoms with E-state index < -0.39 is 0 Å².